The molecule has 4 aromatic heterocycles. The molecule has 7 amide bonds. The maximum absolute atomic E-state index is 14.0. The Morgan fingerprint density at radius 1 is 0.439 bits per heavy atom. The number of alkyl halides is 4. The first-order valence-corrected chi connectivity index (χ1v) is 40.7. The number of hydrogen-bond donors (Lipinski definition) is 9. The number of Topliss-reactive ketones (excluding diaryl/α,β-unsaturated/α-hetero) is 1. The van der Waals surface area contributed by atoms with Gasteiger partial charge in [-0.3, -0.25) is 19.2 Å². The van der Waals surface area contributed by atoms with E-state index in [1.807, 2.05) is 82.4 Å². The van der Waals surface area contributed by atoms with E-state index in [2.05, 4.69) is 124 Å². The number of nitrogens with zero attached hydrogens (tertiary/aromatic N) is 7. The number of aromatic nitrogens is 8. The molecule has 14 rings (SSSR count). The van der Waals surface area contributed by atoms with Gasteiger partial charge in [-0.25, -0.2) is 39.1 Å². The standard InChI is InChI=1S/C42H50F2N8O9.C35H41N7O5.C8H13F2NO4/c1-24(2)34(50-41(56)58-4)38(54)52-23-42(60-18-19-61-42)20-33(52)36-46-22-31(48-36)28-13-9-26(10-14-28)25-7-11-27(12-8-25)30-21-45-35(47-30)32-6-5-16-51(32)37(53)29(49-40(55)57-3)15-17-59-39(43)44;1-21(2)30(41-34(44)45-3)33(43)42-20-35(46-15-16-47-35)17-29(42)32-38-19-28(40-32)25-12-8-23(9-13-25)22-6-10-24(11-7-22)27-18-37-31(39-27)26-5-4-14-36-26;1-5(12)6(11-8(13)14-2)3-4-15-7(9)10/h7-14,21-22,24,29,32-34,39H,5-6,15-20,23H2,1-4H3,(H,45,47)(H,46,48)(H,49,55)(H,50,56);6-13,18-19,21,26,29-30,36H,4-5,14-17,20H2,1-3H3,(H,37,39)(H,38,40)(H,41,44);6-7H,3-4H2,1-2H3,(H,11,13)/t29-,32-,33-,34-;26-,29-,30-;6-/m000/s1. The van der Waals surface area contributed by atoms with Gasteiger partial charge in [0.05, 0.1) is 159 Å². The number of likely N-dealkylation sites (tertiary alicyclic amines) is 3. The van der Waals surface area contributed by atoms with Crippen molar-refractivity contribution in [3.05, 3.63) is 145 Å². The van der Waals surface area contributed by atoms with E-state index in [-0.39, 0.29) is 62.0 Å². The Morgan fingerprint density at radius 3 is 1.11 bits per heavy atom. The lowest BCUT2D eigenvalue weighted by molar-refractivity contribution is -0.153. The van der Waals surface area contributed by atoms with Gasteiger partial charge in [0, 0.05) is 25.8 Å². The van der Waals surface area contributed by atoms with Crippen LogP contribution in [0.4, 0.5) is 36.7 Å². The number of alkyl carbamates (subject to hydrolysis) is 4. The van der Waals surface area contributed by atoms with Gasteiger partial charge in [-0.05, 0) is 102 Å². The van der Waals surface area contributed by atoms with Crippen LogP contribution < -0.4 is 26.6 Å². The van der Waals surface area contributed by atoms with Crippen LogP contribution in [-0.4, -0.2) is 246 Å². The number of rotatable bonds is 28. The number of hydrogen-bond acceptors (Lipinski definition) is 23. The Kier molecular flexibility index (Phi) is 30.5. The molecular weight excluding hydrogens is 1610 g/mol. The van der Waals surface area contributed by atoms with Crippen molar-refractivity contribution in [3.63, 3.8) is 0 Å². The highest BCUT2D eigenvalue weighted by Crippen LogP contribution is 2.45. The van der Waals surface area contributed by atoms with Gasteiger partial charge in [-0.15, -0.1) is 0 Å². The number of benzene rings is 4. The zero-order valence-electron chi connectivity index (χ0n) is 69.7. The van der Waals surface area contributed by atoms with E-state index in [4.69, 9.17) is 38.4 Å². The van der Waals surface area contributed by atoms with E-state index in [0.717, 1.165) is 100 Å². The number of imidazole rings is 4. The molecule has 6 aliphatic heterocycles. The maximum Gasteiger partial charge on any atom is 0.407 e. The Morgan fingerprint density at radius 2 is 0.772 bits per heavy atom. The highest BCUT2D eigenvalue weighted by Gasteiger charge is 2.55. The van der Waals surface area contributed by atoms with E-state index in [1.165, 1.54) is 27.6 Å². The number of carbonyl (C=O) groups is 8. The summed E-state index contributed by atoms with van der Waals surface area (Å²) in [6, 6.07) is 28.2. The average molecular weight is 1710 g/mol. The maximum atomic E-state index is 14.0. The van der Waals surface area contributed by atoms with Gasteiger partial charge in [-0.1, -0.05) is 125 Å². The molecule has 0 unspecified atom stereocenters. The van der Waals surface area contributed by atoms with Crippen molar-refractivity contribution < 1.29 is 103 Å². The summed E-state index contributed by atoms with van der Waals surface area (Å²) in [6.07, 6.45) is 8.41. The normalized spacial score (nSPS) is 19.2. The minimum absolute atomic E-state index is 0.0191. The van der Waals surface area contributed by atoms with Gasteiger partial charge in [0.25, 0.3) is 0 Å². The molecule has 6 fully saturated rings. The first-order valence-electron chi connectivity index (χ1n) is 40.7. The van der Waals surface area contributed by atoms with Gasteiger partial charge in [0.15, 0.2) is 17.4 Å². The first-order chi connectivity index (χ1) is 59.2. The molecular formula is C85H104F4N16O18. The zero-order chi connectivity index (χ0) is 87.7. The van der Waals surface area contributed by atoms with Crippen molar-refractivity contribution in [1.82, 2.24) is 81.2 Å². The van der Waals surface area contributed by atoms with Gasteiger partial charge in [0.2, 0.25) is 17.7 Å². The van der Waals surface area contributed by atoms with Crippen molar-refractivity contribution in [2.75, 3.05) is 94.3 Å². The van der Waals surface area contributed by atoms with Crippen molar-refractivity contribution in [1.29, 1.82) is 0 Å². The number of methoxy groups -OCH3 is 4. The number of aromatic amines is 4. The Balaban J connectivity index is 0.000000197. The van der Waals surface area contributed by atoms with E-state index < -0.39 is 104 Å². The highest BCUT2D eigenvalue weighted by molar-refractivity contribution is 5.89. The summed E-state index contributed by atoms with van der Waals surface area (Å²) in [7, 11) is 4.84. The Labute approximate surface area is 707 Å². The van der Waals surface area contributed by atoms with Gasteiger partial charge < -0.3 is 109 Å². The molecule has 34 nitrogen and oxygen atoms in total. The summed E-state index contributed by atoms with van der Waals surface area (Å²) in [5, 5.41) is 13.5. The van der Waals surface area contributed by atoms with Crippen LogP contribution in [0.15, 0.2) is 122 Å². The highest BCUT2D eigenvalue weighted by atomic mass is 19.3. The topological polar surface area (TPSA) is 413 Å². The molecule has 0 bridgehead atoms. The third-order valence-electron chi connectivity index (χ3n) is 22.3. The second-order valence-corrected chi connectivity index (χ2v) is 31.0. The average Bonchev–Trinajstić information content (AvgIpc) is 1.61. The summed E-state index contributed by atoms with van der Waals surface area (Å²) in [6.45, 7) is 5.74. The summed E-state index contributed by atoms with van der Waals surface area (Å²) in [4.78, 5) is 136. The van der Waals surface area contributed by atoms with Crippen LogP contribution in [0, 0.1) is 11.8 Å². The molecule has 38 heteroatoms. The molecule has 6 saturated heterocycles. The van der Waals surface area contributed by atoms with Crippen LogP contribution in [-0.2, 0) is 66.5 Å². The fraction of sp³-hybridized carbons (Fsp3) is 0.482. The molecule has 660 valence electrons. The molecule has 2 spiro atoms. The number of ether oxygens (including phenoxy) is 10. The molecule has 4 aromatic carbocycles. The summed E-state index contributed by atoms with van der Waals surface area (Å²) >= 11 is 0. The number of amides is 7. The van der Waals surface area contributed by atoms with E-state index in [9.17, 15) is 55.9 Å². The lowest BCUT2D eigenvalue weighted by atomic mass is 10.0. The van der Waals surface area contributed by atoms with Crippen molar-refractivity contribution in [3.8, 4) is 67.3 Å². The first kappa shape index (κ1) is 90.5. The van der Waals surface area contributed by atoms with Crippen LogP contribution in [0.5, 0.6) is 0 Å². The molecule has 0 aliphatic carbocycles. The third-order valence-corrected chi connectivity index (χ3v) is 22.3. The van der Waals surface area contributed by atoms with E-state index >= 15 is 0 Å². The van der Waals surface area contributed by atoms with Gasteiger partial charge in [0.1, 0.15) is 41.4 Å². The molecule has 8 aromatic rings. The molecule has 123 heavy (non-hydrogen) atoms. The fourth-order valence-electron chi connectivity index (χ4n) is 15.8. The molecule has 0 radical (unpaired) electrons. The fourth-order valence-corrected chi connectivity index (χ4v) is 15.8. The molecule has 0 saturated carbocycles. The van der Waals surface area contributed by atoms with E-state index in [1.54, 1.807) is 33.3 Å². The number of nitrogens with one attached hydrogen (secondary N) is 9. The lowest BCUT2D eigenvalue weighted by Crippen LogP contribution is -2.52. The number of carbonyl (C=O) groups excluding carboxylic acids is 8. The minimum atomic E-state index is -3.00. The second-order valence-electron chi connectivity index (χ2n) is 31.0. The number of H-pyrrole nitrogens is 4. The molecule has 6 aliphatic rings. The number of halogens is 4. The summed E-state index contributed by atoms with van der Waals surface area (Å²) in [5.74, 6) is -0.747. The Bertz CT molecular complexity index is 4880. The predicted molar refractivity (Wildman–Crippen MR) is 436 cm³/mol. The van der Waals surface area contributed by atoms with Crippen LogP contribution in [0.1, 0.15) is 133 Å². The van der Waals surface area contributed by atoms with E-state index in [0.29, 0.717) is 82.2 Å². The van der Waals surface area contributed by atoms with Crippen LogP contribution >= 0.6 is 0 Å². The predicted octanol–water partition coefficient (Wildman–Crippen LogP) is 11.4. The van der Waals surface area contributed by atoms with Crippen molar-refractivity contribution in [2.45, 2.75) is 159 Å². The smallest absolute Gasteiger partial charge is 0.407 e. The molecule has 10 heterocycles. The summed E-state index contributed by atoms with van der Waals surface area (Å²) in [5.41, 5.74) is 11.4. The zero-order valence-corrected chi connectivity index (χ0v) is 69.7. The van der Waals surface area contributed by atoms with Gasteiger partial charge in [-0.2, -0.15) is 17.6 Å². The van der Waals surface area contributed by atoms with Crippen LogP contribution in [0.3, 0.4) is 0 Å². The summed E-state index contributed by atoms with van der Waals surface area (Å²) < 4.78 is 99.2. The third kappa shape index (κ3) is 22.6. The van der Waals surface area contributed by atoms with Crippen molar-refractivity contribution >= 4 is 47.9 Å². The largest absolute Gasteiger partial charge is 0.453 e. The quantitative estimate of drug-likeness (QED) is 0.0162. The Hall–Kier alpha value is -11.7. The SMILES string of the molecule is COC(=O)N[C@@H](CCOC(F)F)C(=O)N1CCC[C@H]1c1ncc(-c2ccc(-c3ccc(-c4cnc([C@@H]5CC6(CN5C(=O)[C@@H](NC(=O)OC)C(C)C)OCCO6)[nH]4)cc3)cc2)[nH]1.COC(=O)N[C@@H](CCOC(F)F)C(C)=O.COC(=O)N[C@H](C(=O)N1CC2(C[C@H]1c1ncc(-c3ccc(-c4ccc(-c5cnc([C@@H]6CCCN6)[nH]5)cc4)cc3)[nH]1)OCCO2)C(C)C. The van der Waals surface area contributed by atoms with Crippen LogP contribution in [0.2, 0.25) is 0 Å². The molecule has 8 atom stereocenters. The van der Waals surface area contributed by atoms with Gasteiger partial charge >= 0.3 is 37.6 Å². The van der Waals surface area contributed by atoms with Crippen LogP contribution in [0.25, 0.3) is 67.3 Å². The number of ketones is 1. The second kappa shape index (κ2) is 41.5. The molecule has 9 N–H and O–H groups in total. The minimum Gasteiger partial charge on any atom is -0.453 e. The lowest BCUT2D eigenvalue weighted by Gasteiger charge is -2.30. The van der Waals surface area contributed by atoms with Crippen molar-refractivity contribution in [2.24, 2.45) is 11.8 Å². The monoisotopic (exact) mass is 1710 g/mol.